The van der Waals surface area contributed by atoms with E-state index in [1.165, 1.54) is 0 Å². The van der Waals surface area contributed by atoms with Gasteiger partial charge in [0, 0.05) is 0 Å². The first kappa shape index (κ1) is 12.3. The molecule has 88 valence electrons. The largest absolute Gasteiger partial charge is 0.478 e. The van der Waals surface area contributed by atoms with Crippen LogP contribution in [0.2, 0.25) is 0 Å². The molecule has 1 aromatic rings. The summed E-state index contributed by atoms with van der Waals surface area (Å²) >= 11 is 0. The molecule has 0 saturated heterocycles. The molecule has 0 aliphatic carbocycles. The average molecular weight is 244 g/mol. The lowest BCUT2D eigenvalue weighted by atomic mass is 10.1. The highest BCUT2D eigenvalue weighted by Crippen LogP contribution is 2.34. The van der Waals surface area contributed by atoms with Crippen molar-refractivity contribution >= 4 is 5.97 Å². The summed E-state index contributed by atoms with van der Waals surface area (Å²) in [5.41, 5.74) is -4.01. The van der Waals surface area contributed by atoms with Gasteiger partial charge in [-0.05, 0) is 6.07 Å². The normalized spacial score (nSPS) is 11.6. The first-order chi connectivity index (χ1) is 7.16. The van der Waals surface area contributed by atoms with Crippen LogP contribution in [0.5, 0.6) is 0 Å². The third kappa shape index (κ3) is 1.95. The van der Waals surface area contributed by atoms with E-state index < -0.39 is 46.8 Å². The first-order valence-corrected chi connectivity index (χ1v) is 3.64. The number of carboxylic acid groups (broad SMARTS) is 1. The van der Waals surface area contributed by atoms with Crippen molar-refractivity contribution in [1.29, 1.82) is 0 Å². The zero-order chi connectivity index (χ0) is 12.7. The highest BCUT2D eigenvalue weighted by Gasteiger charge is 2.39. The molecule has 0 amide bonds. The Morgan fingerprint density at radius 2 is 1.62 bits per heavy atom. The second kappa shape index (κ2) is 3.69. The molecule has 0 aliphatic rings. The summed E-state index contributed by atoms with van der Waals surface area (Å²) < 4.78 is 74.4. The van der Waals surface area contributed by atoms with Crippen LogP contribution in [0.15, 0.2) is 6.07 Å². The van der Waals surface area contributed by atoms with E-state index in [4.69, 9.17) is 5.11 Å². The van der Waals surface area contributed by atoms with Gasteiger partial charge in [0.2, 0.25) is 0 Å². The molecule has 0 heterocycles. The SMILES string of the molecule is O=C(O)c1c(C(F)(F)F)cc(F)c(F)c1F. The van der Waals surface area contributed by atoms with Crippen molar-refractivity contribution in [3.63, 3.8) is 0 Å². The van der Waals surface area contributed by atoms with Crippen LogP contribution in [-0.2, 0) is 6.18 Å². The van der Waals surface area contributed by atoms with Crippen molar-refractivity contribution < 1.29 is 36.2 Å². The van der Waals surface area contributed by atoms with Crippen molar-refractivity contribution in [3.05, 3.63) is 34.6 Å². The average Bonchev–Trinajstić information content (AvgIpc) is 2.11. The van der Waals surface area contributed by atoms with Gasteiger partial charge in [-0.25, -0.2) is 18.0 Å². The van der Waals surface area contributed by atoms with E-state index >= 15 is 0 Å². The number of hydrogen-bond acceptors (Lipinski definition) is 1. The Balaban J connectivity index is 3.67. The number of aromatic carboxylic acids is 1. The van der Waals surface area contributed by atoms with E-state index in [1.807, 2.05) is 0 Å². The quantitative estimate of drug-likeness (QED) is 0.609. The molecule has 1 N–H and O–H groups in total. The molecule has 1 rings (SSSR count). The van der Waals surface area contributed by atoms with E-state index in [0.29, 0.717) is 0 Å². The Hall–Kier alpha value is -1.73. The Labute approximate surface area is 84.1 Å². The molecule has 0 bridgehead atoms. The van der Waals surface area contributed by atoms with Gasteiger partial charge in [0.05, 0.1) is 5.56 Å². The Morgan fingerprint density at radius 1 is 1.12 bits per heavy atom. The number of halogens is 6. The molecule has 0 atom stereocenters. The lowest BCUT2D eigenvalue weighted by molar-refractivity contribution is -0.138. The van der Waals surface area contributed by atoms with Crippen LogP contribution in [-0.4, -0.2) is 11.1 Å². The van der Waals surface area contributed by atoms with Crippen molar-refractivity contribution in [2.45, 2.75) is 6.18 Å². The summed E-state index contributed by atoms with van der Waals surface area (Å²) in [7, 11) is 0. The Kier molecular flexibility index (Phi) is 2.85. The van der Waals surface area contributed by atoms with Gasteiger partial charge in [-0.3, -0.25) is 0 Å². The van der Waals surface area contributed by atoms with Crippen molar-refractivity contribution in [2.75, 3.05) is 0 Å². The van der Waals surface area contributed by atoms with Gasteiger partial charge in [-0.15, -0.1) is 0 Å². The molecule has 0 aromatic heterocycles. The van der Waals surface area contributed by atoms with Crippen LogP contribution in [0.4, 0.5) is 26.3 Å². The summed E-state index contributed by atoms with van der Waals surface area (Å²) in [5, 5.41) is 8.30. The van der Waals surface area contributed by atoms with Crippen LogP contribution < -0.4 is 0 Å². The van der Waals surface area contributed by atoms with E-state index in [9.17, 15) is 31.1 Å². The Morgan fingerprint density at radius 3 is 2.00 bits per heavy atom. The second-order valence-electron chi connectivity index (χ2n) is 2.71. The minimum absolute atomic E-state index is 0.401. The fourth-order valence-electron chi connectivity index (χ4n) is 1.03. The highest BCUT2D eigenvalue weighted by atomic mass is 19.4. The summed E-state index contributed by atoms with van der Waals surface area (Å²) in [6, 6.07) is -0.401. The Bertz CT molecular complexity index is 451. The molecule has 0 spiro atoms. The fourth-order valence-corrected chi connectivity index (χ4v) is 1.03. The van der Waals surface area contributed by atoms with E-state index in [2.05, 4.69) is 0 Å². The molecule has 0 saturated carbocycles. The molecule has 0 unspecified atom stereocenters. The van der Waals surface area contributed by atoms with Crippen molar-refractivity contribution in [3.8, 4) is 0 Å². The molecule has 0 aliphatic heterocycles. The molecular formula is C8H2F6O2. The number of carboxylic acids is 1. The fraction of sp³-hybridized carbons (Fsp3) is 0.125. The first-order valence-electron chi connectivity index (χ1n) is 3.64. The number of hydrogen-bond donors (Lipinski definition) is 1. The molecule has 8 heteroatoms. The van der Waals surface area contributed by atoms with Gasteiger partial charge < -0.3 is 5.11 Å². The summed E-state index contributed by atoms with van der Waals surface area (Å²) in [5.74, 6) is -9.07. The maximum Gasteiger partial charge on any atom is 0.417 e. The number of benzene rings is 1. The maximum absolute atomic E-state index is 12.8. The van der Waals surface area contributed by atoms with Gasteiger partial charge in [-0.2, -0.15) is 13.2 Å². The molecular weight excluding hydrogens is 242 g/mol. The molecule has 1 aromatic carbocycles. The summed E-state index contributed by atoms with van der Waals surface area (Å²) in [6.07, 6.45) is -5.29. The third-order valence-corrected chi connectivity index (χ3v) is 1.68. The number of alkyl halides is 3. The van der Waals surface area contributed by atoms with E-state index in [-0.39, 0.29) is 0 Å². The maximum atomic E-state index is 12.8. The monoisotopic (exact) mass is 244 g/mol. The van der Waals surface area contributed by atoms with Crippen LogP contribution in [0.3, 0.4) is 0 Å². The molecule has 2 nitrogen and oxygen atoms in total. The molecule has 16 heavy (non-hydrogen) atoms. The van der Waals surface area contributed by atoms with Crippen LogP contribution in [0.1, 0.15) is 15.9 Å². The summed E-state index contributed by atoms with van der Waals surface area (Å²) in [4.78, 5) is 10.3. The third-order valence-electron chi connectivity index (χ3n) is 1.68. The topological polar surface area (TPSA) is 37.3 Å². The molecule has 0 fully saturated rings. The zero-order valence-corrected chi connectivity index (χ0v) is 7.20. The van der Waals surface area contributed by atoms with Gasteiger partial charge in [0.1, 0.15) is 5.56 Å². The lowest BCUT2D eigenvalue weighted by Gasteiger charge is -2.11. The van der Waals surface area contributed by atoms with Crippen molar-refractivity contribution in [2.24, 2.45) is 0 Å². The van der Waals surface area contributed by atoms with Crippen molar-refractivity contribution in [1.82, 2.24) is 0 Å². The lowest BCUT2D eigenvalue weighted by Crippen LogP contribution is -2.17. The van der Waals surface area contributed by atoms with Gasteiger partial charge in [-0.1, -0.05) is 0 Å². The number of carbonyl (C=O) groups is 1. The van der Waals surface area contributed by atoms with Gasteiger partial charge in [0.25, 0.3) is 0 Å². The number of rotatable bonds is 1. The van der Waals surface area contributed by atoms with Crippen LogP contribution >= 0.6 is 0 Å². The molecule has 0 radical (unpaired) electrons. The van der Waals surface area contributed by atoms with Crippen LogP contribution in [0.25, 0.3) is 0 Å². The standard InChI is InChI=1S/C8H2F6O2/c9-3-1-2(8(12,13)14)4(7(15)16)6(11)5(3)10/h1H,(H,15,16). The van der Waals surface area contributed by atoms with E-state index in [1.54, 1.807) is 0 Å². The smallest absolute Gasteiger partial charge is 0.417 e. The summed E-state index contributed by atoms with van der Waals surface area (Å²) in [6.45, 7) is 0. The predicted molar refractivity (Wildman–Crippen MR) is 38.3 cm³/mol. The zero-order valence-electron chi connectivity index (χ0n) is 7.20. The minimum atomic E-state index is -5.29. The van der Waals surface area contributed by atoms with E-state index in [0.717, 1.165) is 0 Å². The van der Waals surface area contributed by atoms with Crippen LogP contribution in [0, 0.1) is 17.5 Å². The van der Waals surface area contributed by atoms with Gasteiger partial charge >= 0.3 is 12.1 Å². The predicted octanol–water partition coefficient (Wildman–Crippen LogP) is 2.82. The second-order valence-corrected chi connectivity index (χ2v) is 2.71. The highest BCUT2D eigenvalue weighted by molar-refractivity contribution is 5.90. The minimum Gasteiger partial charge on any atom is -0.478 e. The van der Waals surface area contributed by atoms with Gasteiger partial charge in [0.15, 0.2) is 17.5 Å².